The smallest absolute Gasteiger partial charge is 0.254 e. The Bertz CT molecular complexity index is 1120. The number of hydrogen-bond donors (Lipinski definition) is 0. The van der Waals surface area contributed by atoms with E-state index >= 15 is 0 Å². The number of amides is 1. The predicted molar refractivity (Wildman–Crippen MR) is 110 cm³/mol. The minimum Gasteiger partial charge on any atom is -0.360 e. The molecule has 0 saturated carbocycles. The van der Waals surface area contributed by atoms with Crippen molar-refractivity contribution in [2.24, 2.45) is 0 Å². The number of rotatable bonds is 2. The molecule has 8 heteroatoms. The Morgan fingerprint density at radius 2 is 2.03 bits per heavy atom. The fourth-order valence-electron chi connectivity index (χ4n) is 4.31. The van der Waals surface area contributed by atoms with Gasteiger partial charge < -0.3 is 9.42 Å². The third-order valence-electron chi connectivity index (χ3n) is 5.77. The summed E-state index contributed by atoms with van der Waals surface area (Å²) in [5, 5.41) is 10.0. The predicted octanol–water partition coefficient (Wildman–Crippen LogP) is 4.55. The average molecular weight is 431 g/mol. The minimum atomic E-state index is -0.0580. The molecule has 0 unspecified atom stereocenters. The quantitative estimate of drug-likeness (QED) is 0.597. The number of halogens is 2. The van der Waals surface area contributed by atoms with E-state index in [1.807, 2.05) is 9.58 Å². The molecule has 0 saturated heterocycles. The van der Waals surface area contributed by atoms with Crippen LogP contribution in [-0.2, 0) is 32.4 Å². The van der Waals surface area contributed by atoms with Gasteiger partial charge in [-0.25, -0.2) is 0 Å². The average Bonchev–Trinajstić information content (AvgIpc) is 3.24. The third kappa shape index (κ3) is 3.06. The van der Waals surface area contributed by atoms with Crippen molar-refractivity contribution in [3.63, 3.8) is 0 Å². The second-order valence-electron chi connectivity index (χ2n) is 7.49. The van der Waals surface area contributed by atoms with E-state index in [1.165, 1.54) is 5.56 Å². The maximum Gasteiger partial charge on any atom is 0.254 e. The van der Waals surface area contributed by atoms with Gasteiger partial charge in [0.2, 0.25) is 0 Å². The molecule has 150 valence electrons. The molecule has 5 rings (SSSR count). The molecule has 0 aliphatic carbocycles. The number of carbonyl (C=O) groups excluding carboxylic acids is 1. The van der Waals surface area contributed by atoms with Gasteiger partial charge in [-0.05, 0) is 31.0 Å². The van der Waals surface area contributed by atoms with Crippen LogP contribution in [0.25, 0.3) is 11.4 Å². The molecule has 2 aliphatic heterocycles. The molecule has 29 heavy (non-hydrogen) atoms. The van der Waals surface area contributed by atoms with Crippen LogP contribution >= 0.6 is 23.2 Å². The van der Waals surface area contributed by atoms with E-state index < -0.39 is 0 Å². The molecule has 1 aromatic carbocycles. The lowest BCUT2D eigenvalue weighted by molar-refractivity contribution is 0.0734. The molecule has 0 bridgehead atoms. The lowest BCUT2D eigenvalue weighted by atomic mass is 9.99. The topological polar surface area (TPSA) is 64.2 Å². The monoisotopic (exact) mass is 430 g/mol. The first kappa shape index (κ1) is 18.7. The van der Waals surface area contributed by atoms with Crippen molar-refractivity contribution in [2.45, 2.75) is 45.7 Å². The van der Waals surface area contributed by atoms with E-state index in [0.717, 1.165) is 60.6 Å². The van der Waals surface area contributed by atoms with Crippen molar-refractivity contribution in [1.29, 1.82) is 0 Å². The highest BCUT2D eigenvalue weighted by molar-refractivity contribution is 6.42. The Balaban J connectivity index is 1.52. The van der Waals surface area contributed by atoms with Gasteiger partial charge >= 0.3 is 0 Å². The Kier molecular flexibility index (Phi) is 4.63. The largest absolute Gasteiger partial charge is 0.360 e. The molecular formula is C21H20Cl2N4O2. The van der Waals surface area contributed by atoms with E-state index in [-0.39, 0.29) is 5.91 Å². The standard InChI is InChI=1S/C21H20Cl2N4O2/c1-2-18-13-4-3-8-27-20(19(13)25-29-18)14-11-26(9-7-17(14)24-27)21(28)12-5-6-15(22)16(23)10-12/h5-6,10H,2-4,7-9,11H2,1H3. The molecule has 6 nitrogen and oxygen atoms in total. The summed E-state index contributed by atoms with van der Waals surface area (Å²) in [7, 11) is 0. The summed E-state index contributed by atoms with van der Waals surface area (Å²) in [4.78, 5) is 14.9. The zero-order valence-corrected chi connectivity index (χ0v) is 17.6. The first-order valence-electron chi connectivity index (χ1n) is 9.87. The van der Waals surface area contributed by atoms with E-state index in [2.05, 4.69) is 12.1 Å². The number of nitrogens with zero attached hydrogens (tertiary/aromatic N) is 4. The van der Waals surface area contributed by atoms with Crippen molar-refractivity contribution in [3.05, 3.63) is 56.4 Å². The van der Waals surface area contributed by atoms with Crippen molar-refractivity contribution >= 4 is 29.1 Å². The lowest BCUT2D eigenvalue weighted by Gasteiger charge is -2.27. The fourth-order valence-corrected chi connectivity index (χ4v) is 4.61. The summed E-state index contributed by atoms with van der Waals surface area (Å²) in [5.74, 6) is 0.889. The molecule has 0 radical (unpaired) electrons. The molecular weight excluding hydrogens is 411 g/mol. The second kappa shape index (κ2) is 7.18. The summed E-state index contributed by atoms with van der Waals surface area (Å²) in [6.07, 6.45) is 3.48. The van der Waals surface area contributed by atoms with Gasteiger partial charge in [0, 0.05) is 42.6 Å². The van der Waals surface area contributed by atoms with Crippen molar-refractivity contribution < 1.29 is 9.32 Å². The third-order valence-corrected chi connectivity index (χ3v) is 6.51. The number of hydrogen-bond acceptors (Lipinski definition) is 4. The van der Waals surface area contributed by atoms with Crippen molar-refractivity contribution in [3.8, 4) is 11.4 Å². The molecule has 1 amide bonds. The van der Waals surface area contributed by atoms with Crippen LogP contribution in [0.15, 0.2) is 22.7 Å². The van der Waals surface area contributed by atoms with Gasteiger partial charge in [-0.2, -0.15) is 5.10 Å². The van der Waals surface area contributed by atoms with Gasteiger partial charge in [0.05, 0.1) is 28.0 Å². The first-order valence-corrected chi connectivity index (χ1v) is 10.6. The van der Waals surface area contributed by atoms with Gasteiger partial charge in [0.25, 0.3) is 5.91 Å². The van der Waals surface area contributed by atoms with Crippen LogP contribution in [0, 0.1) is 0 Å². The molecule has 0 atom stereocenters. The van der Waals surface area contributed by atoms with Gasteiger partial charge in [0.15, 0.2) is 0 Å². The molecule has 0 N–H and O–H groups in total. The highest BCUT2D eigenvalue weighted by Gasteiger charge is 2.32. The van der Waals surface area contributed by atoms with Crippen LogP contribution in [-0.4, -0.2) is 32.3 Å². The Morgan fingerprint density at radius 1 is 1.17 bits per heavy atom. The minimum absolute atomic E-state index is 0.0580. The highest BCUT2D eigenvalue weighted by Crippen LogP contribution is 2.36. The van der Waals surface area contributed by atoms with Gasteiger partial charge in [-0.1, -0.05) is 35.3 Å². The van der Waals surface area contributed by atoms with E-state index in [4.69, 9.17) is 32.8 Å². The summed E-state index contributed by atoms with van der Waals surface area (Å²) < 4.78 is 7.66. The lowest BCUT2D eigenvalue weighted by Crippen LogP contribution is -2.36. The van der Waals surface area contributed by atoms with Crippen molar-refractivity contribution in [2.75, 3.05) is 6.54 Å². The second-order valence-corrected chi connectivity index (χ2v) is 8.31. The Hall–Kier alpha value is -2.31. The number of aromatic nitrogens is 3. The van der Waals surface area contributed by atoms with Crippen molar-refractivity contribution in [1.82, 2.24) is 19.8 Å². The number of carbonyl (C=O) groups is 1. The summed E-state index contributed by atoms with van der Waals surface area (Å²) in [6.45, 7) is 4.05. The normalized spacial score (nSPS) is 15.5. The Morgan fingerprint density at radius 3 is 2.83 bits per heavy atom. The van der Waals surface area contributed by atoms with E-state index in [1.54, 1.807) is 18.2 Å². The van der Waals surface area contributed by atoms with Crippen LogP contribution in [0.3, 0.4) is 0 Å². The summed E-state index contributed by atoms with van der Waals surface area (Å²) in [6, 6.07) is 5.00. The van der Waals surface area contributed by atoms with Gasteiger partial charge in [-0.3, -0.25) is 9.48 Å². The number of fused-ring (bicyclic) bond motifs is 5. The van der Waals surface area contributed by atoms with Crippen LogP contribution in [0.2, 0.25) is 10.0 Å². The molecule has 2 aliphatic rings. The van der Waals surface area contributed by atoms with Crippen LogP contribution < -0.4 is 0 Å². The fraction of sp³-hybridized carbons (Fsp3) is 0.381. The molecule has 3 aromatic rings. The maximum atomic E-state index is 13.1. The van der Waals surface area contributed by atoms with E-state index in [9.17, 15) is 4.79 Å². The molecule has 2 aromatic heterocycles. The SMILES string of the molecule is CCc1onc2c1CCCn1nc3c(c1-2)CN(C(=O)c1ccc(Cl)c(Cl)c1)CC3. The zero-order valence-electron chi connectivity index (χ0n) is 16.0. The van der Waals surface area contributed by atoms with Gasteiger partial charge in [-0.15, -0.1) is 0 Å². The molecule has 0 fully saturated rings. The summed E-state index contributed by atoms with van der Waals surface area (Å²) >= 11 is 12.1. The number of aryl methyl sites for hydroxylation is 2. The van der Waals surface area contributed by atoms with Crippen LogP contribution in [0.1, 0.15) is 46.3 Å². The van der Waals surface area contributed by atoms with Crippen LogP contribution in [0.4, 0.5) is 0 Å². The maximum absolute atomic E-state index is 13.1. The molecule has 4 heterocycles. The Labute approximate surface area is 178 Å². The van der Waals surface area contributed by atoms with Crippen LogP contribution in [0.5, 0.6) is 0 Å². The molecule has 0 spiro atoms. The summed E-state index contributed by atoms with van der Waals surface area (Å²) in [5.41, 5.74) is 5.73. The highest BCUT2D eigenvalue weighted by atomic mass is 35.5. The zero-order chi connectivity index (χ0) is 20.1. The first-order chi connectivity index (χ1) is 14.1. The number of benzene rings is 1. The van der Waals surface area contributed by atoms with E-state index in [0.29, 0.717) is 28.7 Å². The van der Waals surface area contributed by atoms with Gasteiger partial charge in [0.1, 0.15) is 11.5 Å².